The largest absolute Gasteiger partial charge is 0.492 e. The van der Waals surface area contributed by atoms with Gasteiger partial charge in [-0.2, -0.15) is 8.78 Å². The summed E-state index contributed by atoms with van der Waals surface area (Å²) < 4.78 is 36.8. The number of β-amino-alcohol motifs (C(OH)–C–C–N with tert-alkyl or cyclic N) is 1. The first-order valence-corrected chi connectivity index (χ1v) is 9.97. The van der Waals surface area contributed by atoms with Crippen molar-refractivity contribution < 1.29 is 27.9 Å². The van der Waals surface area contributed by atoms with E-state index in [9.17, 15) is 13.9 Å². The quantitative estimate of drug-likeness (QED) is 0.769. The maximum Gasteiger partial charge on any atom is 0.387 e. The zero-order valence-corrected chi connectivity index (χ0v) is 16.2. The van der Waals surface area contributed by atoms with Crippen LogP contribution in [0.5, 0.6) is 11.5 Å². The Labute approximate surface area is 166 Å². The van der Waals surface area contributed by atoms with Crippen LogP contribution in [-0.2, 0) is 5.72 Å². The van der Waals surface area contributed by atoms with Crippen LogP contribution in [0.1, 0.15) is 12.0 Å². The molecule has 2 aliphatic heterocycles. The van der Waals surface area contributed by atoms with Crippen molar-refractivity contribution in [1.82, 2.24) is 0 Å². The Hall–Kier alpha value is -2.32. The fourth-order valence-corrected chi connectivity index (χ4v) is 4.86. The topological polar surface area (TPSA) is 44.9 Å². The number of amidine groups is 1. The van der Waals surface area contributed by atoms with Gasteiger partial charge in [-0.3, -0.25) is 0 Å². The number of halogens is 2. The molecule has 5 nitrogen and oxygen atoms in total. The molecule has 0 spiro atoms. The molecular formula is C20H21F2N2O3S+. The maximum atomic E-state index is 12.4. The van der Waals surface area contributed by atoms with E-state index in [0.717, 1.165) is 28.8 Å². The number of nitrogens with zero attached hydrogens (tertiary/aromatic N) is 2. The summed E-state index contributed by atoms with van der Waals surface area (Å²) in [5, 5.41) is 12.6. The second-order valence-electron chi connectivity index (χ2n) is 6.61. The van der Waals surface area contributed by atoms with E-state index >= 15 is 0 Å². The molecule has 0 radical (unpaired) electrons. The molecule has 28 heavy (non-hydrogen) atoms. The lowest BCUT2D eigenvalue weighted by molar-refractivity contribution is -0.656. The normalized spacial score (nSPS) is 21.8. The molecule has 0 bridgehead atoms. The second-order valence-corrected chi connectivity index (χ2v) is 7.68. The summed E-state index contributed by atoms with van der Waals surface area (Å²) in [6.45, 7) is -1.86. The molecule has 2 aliphatic rings. The number of aliphatic hydroxyl groups is 1. The lowest BCUT2D eigenvalue weighted by Crippen LogP contribution is -2.41. The van der Waals surface area contributed by atoms with Crippen LogP contribution >= 0.6 is 11.8 Å². The monoisotopic (exact) mass is 407 g/mol. The van der Waals surface area contributed by atoms with Gasteiger partial charge in [0, 0.05) is 11.3 Å². The van der Waals surface area contributed by atoms with Gasteiger partial charge in [0.05, 0.1) is 13.7 Å². The van der Waals surface area contributed by atoms with Crippen molar-refractivity contribution in [3.63, 3.8) is 0 Å². The minimum atomic E-state index is -2.88. The molecule has 0 aliphatic carbocycles. The zero-order valence-electron chi connectivity index (χ0n) is 15.3. The average Bonchev–Trinajstić information content (AvgIpc) is 3.02. The summed E-state index contributed by atoms with van der Waals surface area (Å²) in [7, 11) is 1.62. The van der Waals surface area contributed by atoms with E-state index in [1.54, 1.807) is 31.0 Å². The third kappa shape index (κ3) is 3.31. The van der Waals surface area contributed by atoms with E-state index in [4.69, 9.17) is 4.74 Å². The van der Waals surface area contributed by atoms with Gasteiger partial charge in [0.25, 0.3) is 5.72 Å². The summed E-state index contributed by atoms with van der Waals surface area (Å²) in [6, 6.07) is 13.9. The maximum absolute atomic E-state index is 12.4. The van der Waals surface area contributed by atoms with Gasteiger partial charge in [-0.15, -0.1) is 0 Å². The zero-order chi connectivity index (χ0) is 19.7. The minimum Gasteiger partial charge on any atom is -0.492 e. The standard InChI is InChI=1S/C20H21F2N2O3S/c1-26-17-6-3-2-5-16(17)23-13-20(25,24-11-4-12-28-19(23)24)14-7-9-15(10-8-14)27-18(21)22/h2-3,5-10,18,25H,4,11-13H2,1H3/q+1/t20-/m1/s1. The third-order valence-electron chi connectivity index (χ3n) is 4.96. The number of ether oxygens (including phenoxy) is 2. The van der Waals surface area contributed by atoms with Crippen molar-refractivity contribution in [2.45, 2.75) is 18.8 Å². The Morgan fingerprint density at radius 1 is 1.18 bits per heavy atom. The second kappa shape index (κ2) is 7.60. The van der Waals surface area contributed by atoms with Crippen LogP contribution in [0, 0.1) is 0 Å². The molecule has 0 amide bonds. The highest BCUT2D eigenvalue weighted by Gasteiger charge is 2.53. The van der Waals surface area contributed by atoms with Gasteiger partial charge in [-0.05, 0) is 54.6 Å². The van der Waals surface area contributed by atoms with Crippen molar-refractivity contribution in [3.05, 3.63) is 54.1 Å². The number of hydrogen-bond acceptors (Lipinski definition) is 5. The first kappa shape index (κ1) is 19.0. The molecule has 2 aromatic rings. The molecule has 2 aromatic carbocycles. The van der Waals surface area contributed by atoms with Crippen LogP contribution in [0.4, 0.5) is 14.5 Å². The number of hydrogen-bond donors (Lipinski definition) is 1. The lowest BCUT2D eigenvalue weighted by atomic mass is 10.0. The average molecular weight is 407 g/mol. The first-order chi connectivity index (χ1) is 13.5. The molecule has 4 rings (SSSR count). The number of rotatable bonds is 5. The number of thioether (sulfide) groups is 1. The number of para-hydroxylation sites is 2. The van der Waals surface area contributed by atoms with Crippen molar-refractivity contribution in [1.29, 1.82) is 0 Å². The molecule has 0 saturated heterocycles. The van der Waals surface area contributed by atoms with Crippen LogP contribution < -0.4 is 14.4 Å². The van der Waals surface area contributed by atoms with Gasteiger partial charge in [0.2, 0.25) is 0 Å². The lowest BCUT2D eigenvalue weighted by Gasteiger charge is -2.24. The number of anilines is 1. The van der Waals surface area contributed by atoms with Gasteiger partial charge >= 0.3 is 11.8 Å². The number of benzene rings is 2. The summed E-state index contributed by atoms with van der Waals surface area (Å²) in [5.74, 6) is 1.76. The molecule has 0 aromatic heterocycles. The molecule has 0 unspecified atom stereocenters. The minimum absolute atomic E-state index is 0.0687. The van der Waals surface area contributed by atoms with Crippen molar-refractivity contribution >= 4 is 22.6 Å². The Kier molecular flexibility index (Phi) is 5.16. The fourth-order valence-electron chi connectivity index (χ4n) is 3.69. The Morgan fingerprint density at radius 2 is 1.93 bits per heavy atom. The molecule has 148 valence electrons. The van der Waals surface area contributed by atoms with E-state index in [1.807, 2.05) is 28.8 Å². The van der Waals surface area contributed by atoms with Crippen LogP contribution in [0.2, 0.25) is 0 Å². The summed E-state index contributed by atoms with van der Waals surface area (Å²) >= 11 is 1.69. The first-order valence-electron chi connectivity index (χ1n) is 8.98. The van der Waals surface area contributed by atoms with Gasteiger partial charge in [0.1, 0.15) is 5.75 Å². The molecule has 0 fully saturated rings. The molecule has 8 heteroatoms. The Morgan fingerprint density at radius 3 is 2.64 bits per heavy atom. The van der Waals surface area contributed by atoms with Gasteiger partial charge in [-0.1, -0.05) is 12.1 Å². The van der Waals surface area contributed by atoms with Crippen molar-refractivity contribution in [3.8, 4) is 11.5 Å². The molecule has 1 N–H and O–H groups in total. The van der Waals surface area contributed by atoms with E-state index in [1.165, 1.54) is 12.1 Å². The van der Waals surface area contributed by atoms with Crippen LogP contribution in [0.25, 0.3) is 0 Å². The van der Waals surface area contributed by atoms with Gasteiger partial charge < -0.3 is 14.6 Å². The highest BCUT2D eigenvalue weighted by Crippen LogP contribution is 2.40. The summed E-state index contributed by atoms with van der Waals surface area (Å²) in [5.41, 5.74) is 0.243. The Bertz CT molecular complexity index is 891. The van der Waals surface area contributed by atoms with Gasteiger partial charge in [0.15, 0.2) is 18.0 Å². The van der Waals surface area contributed by atoms with E-state index in [-0.39, 0.29) is 5.75 Å². The van der Waals surface area contributed by atoms with Gasteiger partial charge in [-0.25, -0.2) is 9.48 Å². The van der Waals surface area contributed by atoms with E-state index < -0.39 is 12.3 Å². The van der Waals surface area contributed by atoms with Crippen LogP contribution in [-0.4, -0.2) is 47.4 Å². The smallest absolute Gasteiger partial charge is 0.387 e. The van der Waals surface area contributed by atoms with E-state index in [2.05, 4.69) is 9.64 Å². The van der Waals surface area contributed by atoms with Crippen molar-refractivity contribution in [2.24, 2.45) is 0 Å². The van der Waals surface area contributed by atoms with Crippen molar-refractivity contribution in [2.75, 3.05) is 30.9 Å². The predicted octanol–water partition coefficient (Wildman–Crippen LogP) is 3.47. The molecule has 2 heterocycles. The molecular weight excluding hydrogens is 386 g/mol. The third-order valence-corrected chi connectivity index (χ3v) is 6.15. The fraction of sp³-hybridized carbons (Fsp3) is 0.350. The summed E-state index contributed by atoms with van der Waals surface area (Å²) in [6.07, 6.45) is 0.947. The predicted molar refractivity (Wildman–Crippen MR) is 105 cm³/mol. The molecule has 1 atom stereocenters. The van der Waals surface area contributed by atoms with E-state index in [0.29, 0.717) is 18.7 Å². The SMILES string of the molecule is COc1ccccc1N1C[C@@](O)(c2ccc(OC(F)F)cc2)[N+]2=C1SCCC2. The van der Waals surface area contributed by atoms with Crippen LogP contribution in [0.3, 0.4) is 0 Å². The number of methoxy groups -OCH3 is 1. The summed E-state index contributed by atoms with van der Waals surface area (Å²) in [4.78, 5) is 2.06. The number of alkyl halides is 2. The highest BCUT2D eigenvalue weighted by atomic mass is 32.2. The Balaban J connectivity index is 1.73. The van der Waals surface area contributed by atoms with Crippen LogP contribution in [0.15, 0.2) is 48.5 Å². The highest BCUT2D eigenvalue weighted by molar-refractivity contribution is 8.13. The molecule has 0 saturated carbocycles.